The molecule has 0 amide bonds. The average molecular weight is 342 g/mol. The first-order chi connectivity index (χ1) is 12.3. The third kappa shape index (κ3) is 3.39. The van der Waals surface area contributed by atoms with Gasteiger partial charge in [-0.05, 0) is 37.8 Å². The highest BCUT2D eigenvalue weighted by molar-refractivity contribution is 5.36. The number of hydrogen-bond donors (Lipinski definition) is 2. The molecule has 7 heteroatoms. The first kappa shape index (κ1) is 16.5. The SMILES string of the molecule is OC[C@@H]1CN(c2cnccn2)CCC12CCN(Cc1ncc[nH]1)CC2. The third-order valence-electron chi connectivity index (χ3n) is 6.06. The minimum Gasteiger partial charge on any atom is -0.396 e. The zero-order valence-corrected chi connectivity index (χ0v) is 14.5. The molecule has 1 atom stereocenters. The van der Waals surface area contributed by atoms with Gasteiger partial charge in [0.15, 0.2) is 0 Å². The molecule has 0 aliphatic carbocycles. The second-order valence-corrected chi connectivity index (χ2v) is 7.31. The monoisotopic (exact) mass is 342 g/mol. The molecule has 0 unspecified atom stereocenters. The van der Waals surface area contributed by atoms with Gasteiger partial charge in [-0.2, -0.15) is 0 Å². The Balaban J connectivity index is 1.39. The van der Waals surface area contributed by atoms with E-state index in [1.807, 2.05) is 18.6 Å². The van der Waals surface area contributed by atoms with E-state index in [1.54, 1.807) is 12.4 Å². The molecule has 2 aliphatic rings. The minimum atomic E-state index is 0.245. The lowest BCUT2D eigenvalue weighted by molar-refractivity contribution is 0.000526. The van der Waals surface area contributed by atoms with Crippen LogP contribution in [0.3, 0.4) is 0 Å². The number of H-pyrrole nitrogens is 1. The van der Waals surface area contributed by atoms with E-state index in [1.165, 1.54) is 0 Å². The maximum atomic E-state index is 10.1. The fraction of sp³-hybridized carbons (Fsp3) is 0.611. The van der Waals surface area contributed by atoms with Crippen LogP contribution in [-0.2, 0) is 6.54 Å². The highest BCUT2D eigenvalue weighted by Crippen LogP contribution is 2.45. The molecular weight excluding hydrogens is 316 g/mol. The van der Waals surface area contributed by atoms with Crippen LogP contribution in [0.4, 0.5) is 5.82 Å². The number of anilines is 1. The molecule has 25 heavy (non-hydrogen) atoms. The largest absolute Gasteiger partial charge is 0.396 e. The first-order valence-corrected chi connectivity index (χ1v) is 9.11. The summed E-state index contributed by atoms with van der Waals surface area (Å²) in [6.45, 7) is 5.14. The topological polar surface area (TPSA) is 81.2 Å². The number of aliphatic hydroxyl groups is 1. The Morgan fingerprint density at radius 3 is 2.64 bits per heavy atom. The van der Waals surface area contributed by atoms with Crippen LogP contribution < -0.4 is 4.90 Å². The number of likely N-dealkylation sites (tertiary alicyclic amines) is 1. The van der Waals surface area contributed by atoms with Crippen molar-refractivity contribution in [2.24, 2.45) is 11.3 Å². The lowest BCUT2D eigenvalue weighted by Gasteiger charge is -2.51. The van der Waals surface area contributed by atoms with E-state index in [0.29, 0.717) is 5.92 Å². The van der Waals surface area contributed by atoms with Crippen molar-refractivity contribution in [3.8, 4) is 0 Å². The quantitative estimate of drug-likeness (QED) is 0.872. The van der Waals surface area contributed by atoms with Gasteiger partial charge in [0, 0.05) is 50.4 Å². The number of nitrogens with zero attached hydrogens (tertiary/aromatic N) is 5. The molecule has 0 bridgehead atoms. The van der Waals surface area contributed by atoms with Crippen molar-refractivity contribution in [2.75, 3.05) is 37.7 Å². The summed E-state index contributed by atoms with van der Waals surface area (Å²) in [6.07, 6.45) is 12.4. The van der Waals surface area contributed by atoms with Gasteiger partial charge in [0.1, 0.15) is 11.6 Å². The van der Waals surface area contributed by atoms with Gasteiger partial charge in [0.25, 0.3) is 0 Å². The second-order valence-electron chi connectivity index (χ2n) is 7.31. The Bertz CT molecular complexity index is 653. The van der Waals surface area contributed by atoms with Crippen molar-refractivity contribution in [1.82, 2.24) is 24.8 Å². The Labute approximate surface area is 148 Å². The molecule has 2 saturated heterocycles. The molecule has 2 fully saturated rings. The molecule has 0 aromatic carbocycles. The molecular formula is C18H26N6O. The van der Waals surface area contributed by atoms with Crippen LogP contribution in [0.2, 0.25) is 0 Å². The maximum absolute atomic E-state index is 10.1. The second kappa shape index (κ2) is 7.09. The van der Waals surface area contributed by atoms with Crippen molar-refractivity contribution in [2.45, 2.75) is 25.8 Å². The first-order valence-electron chi connectivity index (χ1n) is 9.11. The van der Waals surface area contributed by atoms with E-state index < -0.39 is 0 Å². The molecule has 2 aliphatic heterocycles. The summed E-state index contributed by atoms with van der Waals surface area (Å²) in [4.78, 5) is 20.9. The van der Waals surface area contributed by atoms with Gasteiger partial charge in [-0.1, -0.05) is 0 Å². The third-order valence-corrected chi connectivity index (χ3v) is 6.06. The minimum absolute atomic E-state index is 0.245. The molecule has 2 aromatic heterocycles. The van der Waals surface area contributed by atoms with Gasteiger partial charge in [0.2, 0.25) is 0 Å². The summed E-state index contributed by atoms with van der Waals surface area (Å²) >= 11 is 0. The molecule has 7 nitrogen and oxygen atoms in total. The van der Waals surface area contributed by atoms with Crippen LogP contribution in [0.5, 0.6) is 0 Å². The highest BCUT2D eigenvalue weighted by atomic mass is 16.3. The number of aromatic nitrogens is 4. The molecule has 4 rings (SSSR count). The van der Waals surface area contributed by atoms with E-state index in [2.05, 4.69) is 29.7 Å². The van der Waals surface area contributed by atoms with Crippen molar-refractivity contribution < 1.29 is 5.11 Å². The number of nitrogens with one attached hydrogen (secondary N) is 1. The molecule has 0 saturated carbocycles. The Morgan fingerprint density at radius 2 is 1.96 bits per heavy atom. The van der Waals surface area contributed by atoms with E-state index in [-0.39, 0.29) is 12.0 Å². The highest BCUT2D eigenvalue weighted by Gasteiger charge is 2.44. The summed E-state index contributed by atoms with van der Waals surface area (Å²) in [7, 11) is 0. The average Bonchev–Trinajstić information content (AvgIpc) is 3.18. The summed E-state index contributed by atoms with van der Waals surface area (Å²) in [5, 5.41) is 10.1. The van der Waals surface area contributed by atoms with Crippen molar-refractivity contribution in [3.63, 3.8) is 0 Å². The van der Waals surface area contributed by atoms with Crippen LogP contribution in [-0.4, -0.2) is 62.7 Å². The van der Waals surface area contributed by atoms with E-state index in [4.69, 9.17) is 0 Å². The normalized spacial score (nSPS) is 23.9. The Hall–Kier alpha value is -1.99. The number of rotatable bonds is 4. The molecule has 1 spiro atoms. The van der Waals surface area contributed by atoms with Crippen LogP contribution in [0.1, 0.15) is 25.1 Å². The lowest BCUT2D eigenvalue weighted by atomic mass is 9.64. The van der Waals surface area contributed by atoms with E-state index in [9.17, 15) is 5.11 Å². The summed E-state index contributed by atoms with van der Waals surface area (Å²) < 4.78 is 0. The van der Waals surface area contributed by atoms with E-state index in [0.717, 1.165) is 63.6 Å². The van der Waals surface area contributed by atoms with Gasteiger partial charge in [0.05, 0.1) is 12.7 Å². The summed E-state index contributed by atoms with van der Waals surface area (Å²) in [6, 6.07) is 0. The van der Waals surface area contributed by atoms with Crippen molar-refractivity contribution in [1.29, 1.82) is 0 Å². The fourth-order valence-corrected chi connectivity index (χ4v) is 4.44. The number of imidazole rings is 1. The maximum Gasteiger partial charge on any atom is 0.147 e. The summed E-state index contributed by atoms with van der Waals surface area (Å²) in [5.74, 6) is 2.26. The molecule has 2 N–H and O–H groups in total. The molecule has 134 valence electrons. The molecule has 4 heterocycles. The van der Waals surface area contributed by atoms with Crippen molar-refractivity contribution in [3.05, 3.63) is 36.8 Å². The van der Waals surface area contributed by atoms with Crippen molar-refractivity contribution >= 4 is 5.82 Å². The van der Waals surface area contributed by atoms with Gasteiger partial charge in [-0.25, -0.2) is 9.97 Å². The zero-order valence-electron chi connectivity index (χ0n) is 14.5. The van der Waals surface area contributed by atoms with E-state index >= 15 is 0 Å². The smallest absolute Gasteiger partial charge is 0.147 e. The predicted octanol–water partition coefficient (Wildman–Crippen LogP) is 1.30. The van der Waals surface area contributed by atoms with Crippen LogP contribution in [0.15, 0.2) is 31.0 Å². The van der Waals surface area contributed by atoms with Gasteiger partial charge < -0.3 is 15.0 Å². The number of aromatic amines is 1. The van der Waals surface area contributed by atoms with Crippen LogP contribution in [0.25, 0.3) is 0 Å². The Morgan fingerprint density at radius 1 is 1.12 bits per heavy atom. The van der Waals surface area contributed by atoms with Crippen LogP contribution >= 0.6 is 0 Å². The lowest BCUT2D eigenvalue weighted by Crippen LogP contribution is -2.53. The van der Waals surface area contributed by atoms with Gasteiger partial charge >= 0.3 is 0 Å². The summed E-state index contributed by atoms with van der Waals surface area (Å²) in [5.41, 5.74) is 0.257. The Kier molecular flexibility index (Phi) is 4.67. The van der Waals surface area contributed by atoms with Gasteiger partial charge in [-0.15, -0.1) is 0 Å². The predicted molar refractivity (Wildman–Crippen MR) is 95.0 cm³/mol. The molecule has 2 aromatic rings. The standard InChI is InChI=1S/C18H26N6O/c25-14-15-12-24(17-11-19-4-5-22-17)10-3-18(15)1-8-23(9-2-18)13-16-20-6-7-21-16/h4-7,11,15,25H,1-3,8-10,12-14H2,(H,20,21)/t15-/m0/s1. The fourth-order valence-electron chi connectivity index (χ4n) is 4.44. The van der Waals surface area contributed by atoms with Gasteiger partial charge in [-0.3, -0.25) is 9.88 Å². The number of aliphatic hydroxyl groups excluding tert-OH is 1. The number of piperidine rings is 2. The molecule has 0 radical (unpaired) electrons. The zero-order chi connectivity index (χ0) is 17.1. The number of hydrogen-bond acceptors (Lipinski definition) is 6. The van der Waals surface area contributed by atoms with Crippen LogP contribution in [0, 0.1) is 11.3 Å².